The second-order valence-electron chi connectivity index (χ2n) is 5.82. The van der Waals surface area contributed by atoms with Crippen molar-refractivity contribution < 1.29 is 9.53 Å². The molecule has 24 heavy (non-hydrogen) atoms. The van der Waals surface area contributed by atoms with E-state index in [9.17, 15) is 4.79 Å². The molecule has 1 aliphatic rings. The number of aliphatic imine (C=N–C) groups is 1. The Morgan fingerprint density at radius 2 is 2.08 bits per heavy atom. The van der Waals surface area contributed by atoms with Crippen LogP contribution in [0.2, 0.25) is 5.02 Å². The van der Waals surface area contributed by atoms with Crippen LogP contribution >= 0.6 is 11.6 Å². The zero-order valence-electron chi connectivity index (χ0n) is 13.8. The topological polar surface area (TPSA) is 41.9 Å². The van der Waals surface area contributed by atoms with E-state index in [-0.39, 0.29) is 12.5 Å². The van der Waals surface area contributed by atoms with Crippen molar-refractivity contribution in [2.24, 2.45) is 4.99 Å². The van der Waals surface area contributed by atoms with Gasteiger partial charge in [0.05, 0.1) is 6.54 Å². The van der Waals surface area contributed by atoms with Gasteiger partial charge < -0.3 is 4.74 Å². The van der Waals surface area contributed by atoms with Crippen LogP contribution in [0, 0.1) is 13.8 Å². The maximum Gasteiger partial charge on any atom is 0.266 e. The van der Waals surface area contributed by atoms with Gasteiger partial charge in [-0.05, 0) is 37.6 Å². The van der Waals surface area contributed by atoms with Crippen LogP contribution in [0.3, 0.4) is 0 Å². The first-order valence-electron chi connectivity index (χ1n) is 7.85. The van der Waals surface area contributed by atoms with E-state index in [0.29, 0.717) is 23.9 Å². The van der Waals surface area contributed by atoms with Crippen LogP contribution in [0.4, 0.5) is 0 Å². The second-order valence-corrected chi connectivity index (χ2v) is 6.26. The van der Waals surface area contributed by atoms with Crippen LogP contribution in [0.25, 0.3) is 0 Å². The number of benzene rings is 2. The van der Waals surface area contributed by atoms with Crippen molar-refractivity contribution in [1.29, 1.82) is 0 Å². The highest BCUT2D eigenvalue weighted by molar-refractivity contribution is 6.31. The molecule has 1 heterocycles. The normalized spacial score (nSPS) is 13.8. The third-order valence-electron chi connectivity index (χ3n) is 3.91. The molecule has 2 aromatic carbocycles. The van der Waals surface area contributed by atoms with Crippen LogP contribution in [-0.4, -0.2) is 36.3 Å². The summed E-state index contributed by atoms with van der Waals surface area (Å²) in [6.07, 6.45) is 0. The van der Waals surface area contributed by atoms with Gasteiger partial charge in [-0.15, -0.1) is 0 Å². The first-order valence-corrected chi connectivity index (χ1v) is 8.23. The van der Waals surface area contributed by atoms with Gasteiger partial charge in [0.2, 0.25) is 0 Å². The van der Waals surface area contributed by atoms with Gasteiger partial charge in [0.1, 0.15) is 11.6 Å². The number of hydrogen-bond acceptors (Lipinski definition) is 3. The average molecular weight is 343 g/mol. The predicted octanol–water partition coefficient (Wildman–Crippen LogP) is 3.62. The SMILES string of the molecule is Cc1ccc(OCC(=O)N2CCN=C2c2cccc(Cl)c2)c(C)c1. The van der Waals surface area contributed by atoms with Crippen molar-refractivity contribution >= 4 is 23.3 Å². The Kier molecular flexibility index (Phi) is 4.86. The first-order chi connectivity index (χ1) is 11.5. The summed E-state index contributed by atoms with van der Waals surface area (Å²) in [6.45, 7) is 5.15. The van der Waals surface area contributed by atoms with Gasteiger partial charge in [0, 0.05) is 17.1 Å². The number of rotatable bonds is 4. The van der Waals surface area contributed by atoms with Crippen molar-refractivity contribution in [1.82, 2.24) is 4.90 Å². The molecule has 1 aliphatic heterocycles. The number of carbonyl (C=O) groups excluding carboxylic acids is 1. The summed E-state index contributed by atoms with van der Waals surface area (Å²) >= 11 is 6.04. The fourth-order valence-corrected chi connectivity index (χ4v) is 2.93. The van der Waals surface area contributed by atoms with Gasteiger partial charge in [-0.25, -0.2) is 0 Å². The summed E-state index contributed by atoms with van der Waals surface area (Å²) < 4.78 is 5.70. The Morgan fingerprint density at radius 1 is 1.25 bits per heavy atom. The van der Waals surface area contributed by atoms with E-state index in [1.165, 1.54) is 5.56 Å². The largest absolute Gasteiger partial charge is 0.483 e. The van der Waals surface area contributed by atoms with E-state index in [0.717, 1.165) is 16.9 Å². The van der Waals surface area contributed by atoms with Gasteiger partial charge in [-0.3, -0.25) is 14.7 Å². The fraction of sp³-hybridized carbons (Fsp3) is 0.263. The quantitative estimate of drug-likeness (QED) is 0.851. The Balaban J connectivity index is 1.69. The minimum absolute atomic E-state index is 0.0104. The second kappa shape index (κ2) is 7.05. The maximum atomic E-state index is 12.6. The zero-order chi connectivity index (χ0) is 17.1. The van der Waals surface area contributed by atoms with Gasteiger partial charge in [0.15, 0.2) is 6.61 Å². The van der Waals surface area contributed by atoms with Crippen LogP contribution in [0.15, 0.2) is 47.5 Å². The summed E-state index contributed by atoms with van der Waals surface area (Å²) in [6, 6.07) is 13.3. The zero-order valence-corrected chi connectivity index (χ0v) is 14.5. The smallest absolute Gasteiger partial charge is 0.266 e. The first kappa shape index (κ1) is 16.5. The molecule has 0 radical (unpaired) electrons. The molecule has 124 valence electrons. The lowest BCUT2D eigenvalue weighted by Crippen LogP contribution is -2.38. The number of hydrogen-bond donors (Lipinski definition) is 0. The third-order valence-corrected chi connectivity index (χ3v) is 4.14. The molecule has 3 rings (SSSR count). The van der Waals surface area contributed by atoms with E-state index in [4.69, 9.17) is 16.3 Å². The number of aryl methyl sites for hydroxylation is 2. The van der Waals surface area contributed by atoms with E-state index < -0.39 is 0 Å². The summed E-state index contributed by atoms with van der Waals surface area (Å²) in [5.74, 6) is 1.28. The molecule has 0 N–H and O–H groups in total. The highest BCUT2D eigenvalue weighted by Crippen LogP contribution is 2.20. The van der Waals surface area contributed by atoms with Crippen LogP contribution < -0.4 is 4.74 Å². The number of nitrogens with zero attached hydrogens (tertiary/aromatic N) is 2. The van der Waals surface area contributed by atoms with Gasteiger partial charge in [-0.1, -0.05) is 41.4 Å². The molecule has 4 nitrogen and oxygen atoms in total. The summed E-state index contributed by atoms with van der Waals surface area (Å²) in [4.78, 5) is 18.7. The number of amides is 1. The number of halogens is 1. The lowest BCUT2D eigenvalue weighted by molar-refractivity contribution is -0.129. The molecule has 0 bridgehead atoms. The minimum atomic E-state index is -0.105. The van der Waals surface area contributed by atoms with Gasteiger partial charge in [0.25, 0.3) is 5.91 Å². The van der Waals surface area contributed by atoms with Crippen molar-refractivity contribution in [2.75, 3.05) is 19.7 Å². The number of amidine groups is 1. The summed E-state index contributed by atoms with van der Waals surface area (Å²) in [5.41, 5.74) is 3.04. The van der Waals surface area contributed by atoms with Crippen molar-refractivity contribution in [3.8, 4) is 5.75 Å². The predicted molar refractivity (Wildman–Crippen MR) is 96.0 cm³/mol. The molecular formula is C19H19ClN2O2. The molecule has 0 aromatic heterocycles. The molecule has 1 amide bonds. The van der Waals surface area contributed by atoms with E-state index in [1.54, 1.807) is 11.0 Å². The molecule has 0 saturated carbocycles. The molecule has 0 unspecified atom stereocenters. The molecule has 0 spiro atoms. The highest BCUT2D eigenvalue weighted by Gasteiger charge is 2.25. The van der Waals surface area contributed by atoms with Gasteiger partial charge in [-0.2, -0.15) is 0 Å². The Bertz CT molecular complexity index is 802. The average Bonchev–Trinajstić information content (AvgIpc) is 3.03. The van der Waals surface area contributed by atoms with Crippen molar-refractivity contribution in [3.05, 3.63) is 64.2 Å². The third kappa shape index (κ3) is 3.60. The molecule has 0 aliphatic carbocycles. The van der Waals surface area contributed by atoms with Crippen molar-refractivity contribution in [2.45, 2.75) is 13.8 Å². The Morgan fingerprint density at radius 3 is 2.83 bits per heavy atom. The monoisotopic (exact) mass is 342 g/mol. The maximum absolute atomic E-state index is 12.6. The standard InChI is InChI=1S/C19H19ClN2O2/c1-13-6-7-17(14(2)10-13)24-12-18(23)22-9-8-21-19(22)15-4-3-5-16(20)11-15/h3-7,10-11H,8-9,12H2,1-2H3. The minimum Gasteiger partial charge on any atom is -0.483 e. The Labute approximate surface area is 146 Å². The van der Waals surface area contributed by atoms with E-state index >= 15 is 0 Å². The van der Waals surface area contributed by atoms with Gasteiger partial charge >= 0.3 is 0 Å². The summed E-state index contributed by atoms with van der Waals surface area (Å²) in [5, 5.41) is 0.626. The number of ether oxygens (including phenoxy) is 1. The molecule has 0 saturated heterocycles. The fourth-order valence-electron chi connectivity index (χ4n) is 2.74. The van der Waals surface area contributed by atoms with Crippen LogP contribution in [0.5, 0.6) is 5.75 Å². The number of carbonyl (C=O) groups is 1. The Hall–Kier alpha value is -2.33. The molecule has 0 atom stereocenters. The van der Waals surface area contributed by atoms with Crippen molar-refractivity contribution in [3.63, 3.8) is 0 Å². The highest BCUT2D eigenvalue weighted by atomic mass is 35.5. The molecule has 0 fully saturated rings. The van der Waals surface area contributed by atoms with E-state index in [2.05, 4.69) is 4.99 Å². The van der Waals surface area contributed by atoms with Crippen LogP contribution in [-0.2, 0) is 4.79 Å². The lowest BCUT2D eigenvalue weighted by atomic mass is 10.1. The van der Waals surface area contributed by atoms with E-state index in [1.807, 2.05) is 50.2 Å². The summed E-state index contributed by atoms with van der Waals surface area (Å²) in [7, 11) is 0. The molecular weight excluding hydrogens is 324 g/mol. The lowest BCUT2D eigenvalue weighted by Gasteiger charge is -2.19. The molecule has 5 heteroatoms. The van der Waals surface area contributed by atoms with Crippen LogP contribution in [0.1, 0.15) is 16.7 Å². The molecule has 2 aromatic rings.